The molecule has 0 radical (unpaired) electrons. The van der Waals surface area contributed by atoms with E-state index in [4.69, 9.17) is 0 Å². The lowest BCUT2D eigenvalue weighted by atomic mass is 10.1. The van der Waals surface area contributed by atoms with E-state index in [0.717, 1.165) is 17.5 Å². The van der Waals surface area contributed by atoms with Gasteiger partial charge in [-0.05, 0) is 41.4 Å². The van der Waals surface area contributed by atoms with Crippen molar-refractivity contribution >= 4 is 22.2 Å². The zero-order chi connectivity index (χ0) is 14.7. The molecule has 0 atom stereocenters. The van der Waals surface area contributed by atoms with Gasteiger partial charge in [-0.1, -0.05) is 23.8 Å². The fourth-order valence-corrected chi connectivity index (χ4v) is 2.50. The number of aryl methyl sites for hydroxylation is 1. The number of pyridine rings is 1. The van der Waals surface area contributed by atoms with Gasteiger partial charge in [0.1, 0.15) is 0 Å². The molecule has 0 aliphatic carbocycles. The summed E-state index contributed by atoms with van der Waals surface area (Å²) in [6, 6.07) is 7.57. The molecular weight excluding hydrogens is 318 g/mol. The van der Waals surface area contributed by atoms with E-state index in [0.29, 0.717) is 22.0 Å². The summed E-state index contributed by atoms with van der Waals surface area (Å²) in [5.74, 6) is 0. The van der Waals surface area contributed by atoms with Crippen LogP contribution in [0.2, 0.25) is 0 Å². The molecule has 0 unspecified atom stereocenters. The number of nitrogens with zero attached hydrogens (tertiary/aromatic N) is 1. The number of hydrogen-bond donors (Lipinski definition) is 0. The van der Waals surface area contributed by atoms with Crippen molar-refractivity contribution in [3.05, 3.63) is 74.6 Å². The molecule has 0 amide bonds. The van der Waals surface area contributed by atoms with Crippen molar-refractivity contribution in [2.24, 2.45) is 0 Å². The van der Waals surface area contributed by atoms with Crippen LogP contribution in [0.25, 0.3) is 5.69 Å². The number of benzene rings is 1. The van der Waals surface area contributed by atoms with Gasteiger partial charge in [0.15, 0.2) is 6.29 Å². The SMILES string of the molecule is C=CCc1c(Br)c(C=O)cn(-c2ccc(C)cc2)c1=O. The Morgan fingerprint density at radius 1 is 1.30 bits per heavy atom. The lowest BCUT2D eigenvalue weighted by Crippen LogP contribution is -2.23. The number of allylic oxidation sites excluding steroid dienone is 1. The maximum Gasteiger partial charge on any atom is 0.259 e. The van der Waals surface area contributed by atoms with E-state index in [1.165, 1.54) is 4.57 Å². The van der Waals surface area contributed by atoms with E-state index in [1.54, 1.807) is 12.3 Å². The fourth-order valence-electron chi connectivity index (χ4n) is 1.97. The molecule has 1 aromatic carbocycles. The summed E-state index contributed by atoms with van der Waals surface area (Å²) in [4.78, 5) is 23.7. The van der Waals surface area contributed by atoms with Crippen molar-refractivity contribution in [3.63, 3.8) is 0 Å². The molecule has 0 aliphatic rings. The molecule has 3 nitrogen and oxygen atoms in total. The normalized spacial score (nSPS) is 10.3. The Morgan fingerprint density at radius 3 is 2.50 bits per heavy atom. The maximum absolute atomic E-state index is 12.5. The topological polar surface area (TPSA) is 39.1 Å². The molecule has 1 heterocycles. The van der Waals surface area contributed by atoms with Crippen LogP contribution in [0.3, 0.4) is 0 Å². The minimum absolute atomic E-state index is 0.147. The first-order valence-corrected chi connectivity index (χ1v) is 6.95. The molecule has 2 aromatic rings. The van der Waals surface area contributed by atoms with Gasteiger partial charge >= 0.3 is 0 Å². The van der Waals surface area contributed by atoms with E-state index in [2.05, 4.69) is 22.5 Å². The van der Waals surface area contributed by atoms with E-state index < -0.39 is 0 Å². The quantitative estimate of drug-likeness (QED) is 0.635. The summed E-state index contributed by atoms with van der Waals surface area (Å²) >= 11 is 3.32. The van der Waals surface area contributed by atoms with Gasteiger partial charge in [0.25, 0.3) is 5.56 Å². The lowest BCUT2D eigenvalue weighted by molar-refractivity contribution is 0.112. The monoisotopic (exact) mass is 331 g/mol. The van der Waals surface area contributed by atoms with E-state index in [1.807, 2.05) is 31.2 Å². The highest BCUT2D eigenvalue weighted by Crippen LogP contribution is 2.20. The number of hydrogen-bond acceptors (Lipinski definition) is 2. The summed E-state index contributed by atoms with van der Waals surface area (Å²) in [5, 5.41) is 0. The predicted molar refractivity (Wildman–Crippen MR) is 83.8 cm³/mol. The number of halogens is 1. The first kappa shape index (κ1) is 14.5. The zero-order valence-electron chi connectivity index (χ0n) is 11.1. The van der Waals surface area contributed by atoms with E-state index in [9.17, 15) is 9.59 Å². The second-order valence-corrected chi connectivity index (χ2v) is 5.29. The molecular formula is C16H14BrNO2. The van der Waals surface area contributed by atoms with Gasteiger partial charge < -0.3 is 0 Å². The second-order valence-electron chi connectivity index (χ2n) is 4.50. The van der Waals surface area contributed by atoms with Crippen LogP contribution in [0.1, 0.15) is 21.5 Å². The van der Waals surface area contributed by atoms with Gasteiger partial charge in [0.05, 0.1) is 0 Å². The maximum atomic E-state index is 12.5. The van der Waals surface area contributed by atoms with Crippen LogP contribution in [-0.4, -0.2) is 10.9 Å². The Labute approximate surface area is 125 Å². The smallest absolute Gasteiger partial charge is 0.259 e. The van der Waals surface area contributed by atoms with Crippen molar-refractivity contribution in [2.45, 2.75) is 13.3 Å². The van der Waals surface area contributed by atoms with Crippen LogP contribution in [0.5, 0.6) is 0 Å². The summed E-state index contributed by atoms with van der Waals surface area (Å²) in [5.41, 5.74) is 2.68. The first-order valence-electron chi connectivity index (χ1n) is 6.15. The van der Waals surface area contributed by atoms with Crippen molar-refractivity contribution in [3.8, 4) is 5.69 Å². The van der Waals surface area contributed by atoms with Crippen molar-refractivity contribution in [2.75, 3.05) is 0 Å². The molecule has 102 valence electrons. The van der Waals surface area contributed by atoms with Gasteiger partial charge in [0, 0.05) is 27.5 Å². The van der Waals surface area contributed by atoms with Crippen LogP contribution >= 0.6 is 15.9 Å². The van der Waals surface area contributed by atoms with Crippen LogP contribution in [-0.2, 0) is 6.42 Å². The molecule has 20 heavy (non-hydrogen) atoms. The molecule has 0 aliphatic heterocycles. The molecule has 0 fully saturated rings. The highest BCUT2D eigenvalue weighted by atomic mass is 79.9. The highest BCUT2D eigenvalue weighted by molar-refractivity contribution is 9.10. The molecule has 0 N–H and O–H groups in total. The van der Waals surface area contributed by atoms with Crippen LogP contribution in [0.15, 0.2) is 52.4 Å². The third-order valence-electron chi connectivity index (χ3n) is 3.05. The Balaban J connectivity index is 2.73. The third kappa shape index (κ3) is 2.65. The number of aromatic nitrogens is 1. The summed E-state index contributed by atoms with van der Waals surface area (Å²) in [6.07, 6.45) is 4.35. The van der Waals surface area contributed by atoms with Gasteiger partial charge in [-0.2, -0.15) is 0 Å². The lowest BCUT2D eigenvalue weighted by Gasteiger charge is -2.11. The number of rotatable bonds is 4. The Morgan fingerprint density at radius 2 is 1.95 bits per heavy atom. The predicted octanol–water partition coefficient (Wildman–Crippen LogP) is 3.45. The van der Waals surface area contributed by atoms with Gasteiger partial charge in [0.2, 0.25) is 0 Å². The molecule has 0 saturated heterocycles. The van der Waals surface area contributed by atoms with Gasteiger partial charge in [-0.3, -0.25) is 14.2 Å². The van der Waals surface area contributed by atoms with E-state index in [-0.39, 0.29) is 5.56 Å². The Kier molecular flexibility index (Phi) is 4.35. The largest absolute Gasteiger partial charge is 0.298 e. The minimum Gasteiger partial charge on any atom is -0.298 e. The summed E-state index contributed by atoms with van der Waals surface area (Å²) < 4.78 is 2.04. The average molecular weight is 332 g/mol. The van der Waals surface area contributed by atoms with Gasteiger partial charge in [-0.25, -0.2) is 0 Å². The van der Waals surface area contributed by atoms with Crippen molar-refractivity contribution in [1.82, 2.24) is 4.57 Å². The molecule has 0 bridgehead atoms. The average Bonchev–Trinajstić information content (AvgIpc) is 2.45. The third-order valence-corrected chi connectivity index (χ3v) is 3.99. The highest BCUT2D eigenvalue weighted by Gasteiger charge is 2.13. The van der Waals surface area contributed by atoms with E-state index >= 15 is 0 Å². The Hall–Kier alpha value is -1.94. The zero-order valence-corrected chi connectivity index (χ0v) is 12.7. The number of aldehydes is 1. The van der Waals surface area contributed by atoms with Crippen LogP contribution in [0, 0.1) is 6.92 Å². The molecule has 0 spiro atoms. The first-order chi connectivity index (χ1) is 9.58. The summed E-state index contributed by atoms with van der Waals surface area (Å²) in [6.45, 7) is 5.63. The molecule has 0 saturated carbocycles. The van der Waals surface area contributed by atoms with Crippen LogP contribution in [0.4, 0.5) is 0 Å². The minimum atomic E-state index is -0.147. The molecule has 1 aromatic heterocycles. The number of carbonyl (C=O) groups excluding carboxylic acids is 1. The van der Waals surface area contributed by atoms with Crippen molar-refractivity contribution in [1.29, 1.82) is 0 Å². The number of carbonyl (C=O) groups is 1. The van der Waals surface area contributed by atoms with Crippen LogP contribution < -0.4 is 5.56 Å². The molecule has 4 heteroatoms. The van der Waals surface area contributed by atoms with Crippen molar-refractivity contribution < 1.29 is 4.79 Å². The fraction of sp³-hybridized carbons (Fsp3) is 0.125. The Bertz CT molecular complexity index is 714. The summed E-state index contributed by atoms with van der Waals surface area (Å²) in [7, 11) is 0. The standard InChI is InChI=1S/C16H14BrNO2/c1-3-4-14-15(17)12(10-19)9-18(16(14)20)13-7-5-11(2)6-8-13/h3,5-10H,1,4H2,2H3. The second kappa shape index (κ2) is 6.01. The van der Waals surface area contributed by atoms with Gasteiger partial charge in [-0.15, -0.1) is 6.58 Å². The molecule has 2 rings (SSSR count).